The van der Waals surface area contributed by atoms with E-state index in [1.165, 1.54) is 4.31 Å². The average Bonchev–Trinajstić information content (AvgIpc) is 2.49. The van der Waals surface area contributed by atoms with Gasteiger partial charge in [-0.15, -0.1) is 0 Å². The predicted octanol–water partition coefficient (Wildman–Crippen LogP) is 3.84. The van der Waals surface area contributed by atoms with Crippen LogP contribution >= 0.6 is 23.4 Å². The molecule has 1 aromatic carbocycles. The molecule has 1 amide bonds. The van der Waals surface area contributed by atoms with E-state index >= 15 is 0 Å². The fourth-order valence-corrected chi connectivity index (χ4v) is 4.33. The third kappa shape index (κ3) is 8.64. The Morgan fingerprint density at radius 1 is 1.31 bits per heavy atom. The fourth-order valence-electron chi connectivity index (χ4n) is 2.34. The van der Waals surface area contributed by atoms with E-state index in [0.717, 1.165) is 17.6 Å². The Labute approximate surface area is 166 Å². The molecule has 1 aromatic rings. The van der Waals surface area contributed by atoms with Crippen LogP contribution < -0.4 is 9.62 Å². The van der Waals surface area contributed by atoms with Crippen molar-refractivity contribution in [2.45, 2.75) is 45.3 Å². The molecule has 0 bridgehead atoms. The maximum Gasteiger partial charge on any atom is 0.232 e. The molecule has 0 aromatic heterocycles. The van der Waals surface area contributed by atoms with Gasteiger partial charge in [-0.3, -0.25) is 9.10 Å². The van der Waals surface area contributed by atoms with Crippen LogP contribution in [0.1, 0.15) is 39.2 Å². The van der Waals surface area contributed by atoms with Crippen molar-refractivity contribution < 1.29 is 13.2 Å². The van der Waals surface area contributed by atoms with Crippen LogP contribution in [0, 0.1) is 6.92 Å². The monoisotopic (exact) mass is 420 g/mol. The molecule has 0 spiro atoms. The second-order valence-corrected chi connectivity index (χ2v) is 11.4. The maximum atomic E-state index is 12.2. The van der Waals surface area contributed by atoms with Crippen LogP contribution in [-0.4, -0.2) is 44.2 Å². The van der Waals surface area contributed by atoms with Crippen molar-refractivity contribution in [2.24, 2.45) is 0 Å². The van der Waals surface area contributed by atoms with Crippen LogP contribution in [0.15, 0.2) is 18.2 Å². The highest BCUT2D eigenvalue weighted by Crippen LogP contribution is 2.26. The minimum Gasteiger partial charge on any atom is -0.355 e. The van der Waals surface area contributed by atoms with Gasteiger partial charge in [-0.1, -0.05) is 38.4 Å². The van der Waals surface area contributed by atoms with Gasteiger partial charge in [0, 0.05) is 35.0 Å². The Morgan fingerprint density at radius 2 is 1.96 bits per heavy atom. The Morgan fingerprint density at radius 3 is 2.54 bits per heavy atom. The molecule has 0 saturated carbocycles. The van der Waals surface area contributed by atoms with Crippen molar-refractivity contribution in [3.8, 4) is 0 Å². The summed E-state index contributed by atoms with van der Waals surface area (Å²) in [7, 11) is -3.45. The van der Waals surface area contributed by atoms with Crippen molar-refractivity contribution in [2.75, 3.05) is 29.4 Å². The third-order valence-electron chi connectivity index (χ3n) is 3.56. The molecule has 0 aliphatic rings. The molecule has 0 heterocycles. The minimum atomic E-state index is -3.45. The second kappa shape index (κ2) is 9.85. The molecule has 0 fully saturated rings. The number of hydrogen-bond donors (Lipinski definition) is 1. The van der Waals surface area contributed by atoms with Gasteiger partial charge in [0.2, 0.25) is 15.9 Å². The second-order valence-electron chi connectivity index (χ2n) is 7.18. The summed E-state index contributed by atoms with van der Waals surface area (Å²) in [6.07, 6.45) is 1.89. The first-order valence-corrected chi connectivity index (χ1v) is 11.8. The zero-order chi connectivity index (χ0) is 20.0. The number of thioether (sulfide) groups is 1. The first-order chi connectivity index (χ1) is 11.9. The lowest BCUT2D eigenvalue weighted by atomic mass is 10.2. The maximum absolute atomic E-state index is 12.2. The molecule has 1 N–H and O–H groups in total. The summed E-state index contributed by atoms with van der Waals surface area (Å²) >= 11 is 7.80. The Balaban J connectivity index is 2.56. The molecule has 1 rings (SSSR count). The highest BCUT2D eigenvalue weighted by molar-refractivity contribution is 8.00. The van der Waals surface area contributed by atoms with E-state index in [1.54, 1.807) is 30.0 Å². The SMILES string of the molecule is Cc1ccc(Cl)cc1N(CCCC(=O)NCCSC(C)(C)C)S(C)(=O)=O. The lowest BCUT2D eigenvalue weighted by Crippen LogP contribution is -2.33. The highest BCUT2D eigenvalue weighted by atomic mass is 35.5. The van der Waals surface area contributed by atoms with Crippen molar-refractivity contribution in [3.05, 3.63) is 28.8 Å². The topological polar surface area (TPSA) is 66.5 Å². The van der Waals surface area contributed by atoms with Gasteiger partial charge in [0.1, 0.15) is 0 Å². The van der Waals surface area contributed by atoms with Crippen LogP contribution in [0.4, 0.5) is 5.69 Å². The normalized spacial score (nSPS) is 12.1. The number of rotatable bonds is 9. The summed E-state index contributed by atoms with van der Waals surface area (Å²) in [5.74, 6) is 0.794. The highest BCUT2D eigenvalue weighted by Gasteiger charge is 2.19. The van der Waals surface area contributed by atoms with E-state index in [0.29, 0.717) is 23.7 Å². The van der Waals surface area contributed by atoms with Gasteiger partial charge in [0.25, 0.3) is 0 Å². The number of carbonyl (C=O) groups is 1. The Kier molecular flexibility index (Phi) is 8.76. The van der Waals surface area contributed by atoms with Gasteiger partial charge >= 0.3 is 0 Å². The molecule has 148 valence electrons. The summed E-state index contributed by atoms with van der Waals surface area (Å²) in [6.45, 7) is 9.10. The van der Waals surface area contributed by atoms with Gasteiger partial charge in [0.05, 0.1) is 11.9 Å². The van der Waals surface area contributed by atoms with Crippen molar-refractivity contribution in [1.82, 2.24) is 5.32 Å². The van der Waals surface area contributed by atoms with E-state index < -0.39 is 10.0 Å². The molecule has 0 atom stereocenters. The number of anilines is 1. The zero-order valence-corrected chi connectivity index (χ0v) is 18.5. The first-order valence-electron chi connectivity index (χ1n) is 8.55. The van der Waals surface area contributed by atoms with Gasteiger partial charge < -0.3 is 5.32 Å². The fraction of sp³-hybridized carbons (Fsp3) is 0.611. The van der Waals surface area contributed by atoms with E-state index in [1.807, 2.05) is 6.92 Å². The van der Waals surface area contributed by atoms with Crippen LogP contribution in [0.5, 0.6) is 0 Å². The van der Waals surface area contributed by atoms with Gasteiger partial charge in [-0.2, -0.15) is 11.8 Å². The number of nitrogens with one attached hydrogen (secondary N) is 1. The molecular formula is C18H29ClN2O3S2. The van der Waals surface area contributed by atoms with Gasteiger partial charge in [-0.25, -0.2) is 8.42 Å². The summed E-state index contributed by atoms with van der Waals surface area (Å²) in [5.41, 5.74) is 1.38. The van der Waals surface area contributed by atoms with Gasteiger partial charge in [0.15, 0.2) is 0 Å². The third-order valence-corrected chi connectivity index (χ3v) is 6.25. The van der Waals surface area contributed by atoms with E-state index in [4.69, 9.17) is 11.6 Å². The van der Waals surface area contributed by atoms with Crippen molar-refractivity contribution in [3.63, 3.8) is 0 Å². The van der Waals surface area contributed by atoms with Crippen LogP contribution in [0.3, 0.4) is 0 Å². The summed E-state index contributed by atoms with van der Waals surface area (Å²) in [5, 5.41) is 3.36. The Hall–Kier alpha value is -0.920. The van der Waals surface area contributed by atoms with Crippen LogP contribution in [-0.2, 0) is 14.8 Å². The summed E-state index contributed by atoms with van der Waals surface area (Å²) in [6, 6.07) is 5.15. The van der Waals surface area contributed by atoms with E-state index in [-0.39, 0.29) is 23.6 Å². The molecule has 0 aliphatic heterocycles. The molecule has 0 unspecified atom stereocenters. The smallest absolute Gasteiger partial charge is 0.232 e. The number of benzene rings is 1. The molecule has 26 heavy (non-hydrogen) atoms. The van der Waals surface area contributed by atoms with Gasteiger partial charge in [-0.05, 0) is 31.0 Å². The molecular weight excluding hydrogens is 392 g/mol. The largest absolute Gasteiger partial charge is 0.355 e. The number of nitrogens with zero attached hydrogens (tertiary/aromatic N) is 1. The molecule has 8 heteroatoms. The summed E-state index contributed by atoms with van der Waals surface area (Å²) in [4.78, 5) is 11.9. The molecule has 0 saturated heterocycles. The number of hydrogen-bond acceptors (Lipinski definition) is 4. The number of halogens is 1. The molecule has 0 radical (unpaired) electrons. The lowest BCUT2D eigenvalue weighted by molar-refractivity contribution is -0.121. The number of amides is 1. The standard InChI is InChI=1S/C18H29ClN2O3S2/c1-14-8-9-15(19)13-16(14)21(26(5,23)24)11-6-7-17(22)20-10-12-25-18(2,3)4/h8-9,13H,6-7,10-12H2,1-5H3,(H,20,22). The van der Waals surface area contributed by atoms with Crippen LogP contribution in [0.25, 0.3) is 0 Å². The van der Waals surface area contributed by atoms with E-state index in [9.17, 15) is 13.2 Å². The Bertz CT molecular complexity index is 716. The number of aryl methyl sites for hydroxylation is 1. The minimum absolute atomic E-state index is 0.0595. The average molecular weight is 421 g/mol. The lowest BCUT2D eigenvalue weighted by Gasteiger charge is -2.24. The quantitative estimate of drug-likeness (QED) is 0.616. The predicted molar refractivity (Wildman–Crippen MR) is 113 cm³/mol. The summed E-state index contributed by atoms with van der Waals surface area (Å²) < 4.78 is 25.8. The van der Waals surface area contributed by atoms with E-state index in [2.05, 4.69) is 26.1 Å². The van der Waals surface area contributed by atoms with Crippen LogP contribution in [0.2, 0.25) is 5.02 Å². The molecule has 0 aliphatic carbocycles. The number of sulfonamides is 1. The zero-order valence-electron chi connectivity index (χ0n) is 16.1. The first kappa shape index (κ1) is 23.1. The van der Waals surface area contributed by atoms with Crippen molar-refractivity contribution in [1.29, 1.82) is 0 Å². The number of carbonyl (C=O) groups excluding carboxylic acids is 1. The molecule has 5 nitrogen and oxygen atoms in total. The van der Waals surface area contributed by atoms with Crippen molar-refractivity contribution >= 4 is 45.0 Å².